The number of likely N-dealkylation sites (tertiary alicyclic amines) is 1. The summed E-state index contributed by atoms with van der Waals surface area (Å²) in [6.45, 7) is -0.777. The minimum Gasteiger partial charge on any atom is -0.333 e. The van der Waals surface area contributed by atoms with Crippen LogP contribution >= 0.6 is 11.6 Å². The lowest BCUT2D eigenvalue weighted by Gasteiger charge is -2.21. The fourth-order valence-electron chi connectivity index (χ4n) is 5.08. The molecule has 35 heavy (non-hydrogen) atoms. The Balaban J connectivity index is 1.37. The number of aromatic nitrogens is 2. The van der Waals surface area contributed by atoms with Gasteiger partial charge < -0.3 is 5.32 Å². The third-order valence-electron chi connectivity index (χ3n) is 6.53. The Morgan fingerprint density at radius 2 is 1.89 bits per heavy atom. The van der Waals surface area contributed by atoms with Crippen LogP contribution in [0.15, 0.2) is 54.6 Å². The van der Waals surface area contributed by atoms with Crippen LogP contribution in [-0.2, 0) is 12.8 Å². The van der Waals surface area contributed by atoms with Gasteiger partial charge in [-0.3, -0.25) is 10.2 Å². The molecule has 0 spiro atoms. The average molecular weight is 504 g/mol. The summed E-state index contributed by atoms with van der Waals surface area (Å²) in [5.41, 5.74) is 3.58. The quantitative estimate of drug-likeness (QED) is 0.505. The highest BCUT2D eigenvalue weighted by Gasteiger charge is 2.40. The van der Waals surface area contributed by atoms with Crippen LogP contribution in [0.1, 0.15) is 29.2 Å². The molecule has 184 valence electrons. The van der Waals surface area contributed by atoms with Crippen LogP contribution in [0.3, 0.4) is 0 Å². The van der Waals surface area contributed by atoms with Crippen LogP contribution in [0, 0.1) is 0 Å². The molecule has 2 atom stereocenters. The maximum atomic E-state index is 13.2. The average Bonchev–Trinajstić information content (AvgIpc) is 3.49. The Morgan fingerprint density at radius 3 is 2.63 bits per heavy atom. The van der Waals surface area contributed by atoms with Crippen molar-refractivity contribution in [3.8, 4) is 5.69 Å². The number of rotatable bonds is 5. The van der Waals surface area contributed by atoms with E-state index in [1.54, 1.807) is 22.9 Å². The summed E-state index contributed by atoms with van der Waals surface area (Å²) in [7, 11) is 0. The van der Waals surface area contributed by atoms with Gasteiger partial charge in [-0.2, -0.15) is 18.3 Å². The highest BCUT2D eigenvalue weighted by Crippen LogP contribution is 2.33. The topological polar surface area (TPSA) is 62.2 Å². The van der Waals surface area contributed by atoms with Crippen LogP contribution in [0.4, 0.5) is 23.8 Å². The van der Waals surface area contributed by atoms with Gasteiger partial charge in [-0.25, -0.2) is 9.48 Å². The summed E-state index contributed by atoms with van der Waals surface area (Å²) in [6.07, 6.45) is -1.70. The fraction of sp³-hybridized carbons (Fsp3) is 0.360. The monoisotopic (exact) mass is 503 g/mol. The lowest BCUT2D eigenvalue weighted by atomic mass is 9.94. The first-order chi connectivity index (χ1) is 16.8. The molecule has 3 aromatic rings. The zero-order valence-electron chi connectivity index (χ0n) is 18.9. The first kappa shape index (κ1) is 23.7. The van der Waals surface area contributed by atoms with E-state index in [0.29, 0.717) is 10.8 Å². The van der Waals surface area contributed by atoms with Crippen LogP contribution in [-0.4, -0.2) is 52.6 Å². The number of anilines is 1. The molecular weight excluding hydrogens is 479 g/mol. The van der Waals surface area contributed by atoms with Crippen LogP contribution in [0.25, 0.3) is 5.69 Å². The number of carbonyl (C=O) groups is 1. The number of aryl methyl sites for hydroxylation is 1. The van der Waals surface area contributed by atoms with Gasteiger partial charge in [0.2, 0.25) is 0 Å². The number of urea groups is 1. The summed E-state index contributed by atoms with van der Waals surface area (Å²) in [4.78, 5) is 14.5. The van der Waals surface area contributed by atoms with Gasteiger partial charge in [0.25, 0.3) is 0 Å². The number of fused-ring (bicyclic) bond motifs is 1. The van der Waals surface area contributed by atoms with Crippen molar-refractivity contribution in [2.75, 3.05) is 25.0 Å². The first-order valence-corrected chi connectivity index (χ1v) is 11.9. The van der Waals surface area contributed by atoms with Crippen molar-refractivity contribution < 1.29 is 18.0 Å². The van der Waals surface area contributed by atoms with Gasteiger partial charge in [0, 0.05) is 29.6 Å². The molecule has 0 saturated carbocycles. The van der Waals surface area contributed by atoms with Crippen molar-refractivity contribution in [2.24, 2.45) is 0 Å². The molecular formula is C25H25ClF3N5O. The Labute approximate surface area is 206 Å². The van der Waals surface area contributed by atoms with Gasteiger partial charge >= 0.3 is 12.2 Å². The molecule has 0 radical (unpaired) electrons. The van der Waals surface area contributed by atoms with E-state index in [9.17, 15) is 18.0 Å². The molecule has 6 nitrogen and oxygen atoms in total. The number of halogens is 4. The molecule has 2 aliphatic rings. The van der Waals surface area contributed by atoms with Crippen molar-refractivity contribution in [3.63, 3.8) is 0 Å². The minimum absolute atomic E-state index is 0.0835. The number of hydrogen-bond acceptors (Lipinski definition) is 3. The molecule has 10 heteroatoms. The van der Waals surface area contributed by atoms with E-state index in [2.05, 4.69) is 10.6 Å². The van der Waals surface area contributed by atoms with Gasteiger partial charge in [-0.05, 0) is 49.1 Å². The van der Waals surface area contributed by atoms with E-state index in [0.717, 1.165) is 41.8 Å². The number of amides is 2. The molecule has 1 saturated heterocycles. The molecule has 5 rings (SSSR count). The van der Waals surface area contributed by atoms with E-state index in [1.165, 1.54) is 4.90 Å². The second-order valence-corrected chi connectivity index (χ2v) is 9.49. The summed E-state index contributed by atoms with van der Waals surface area (Å²) < 4.78 is 41.0. The van der Waals surface area contributed by atoms with E-state index in [-0.39, 0.29) is 19.0 Å². The molecule has 2 aromatic carbocycles. The number of nitrogens with one attached hydrogen (secondary N) is 2. The molecule has 2 N–H and O–H groups in total. The molecule has 1 unspecified atom stereocenters. The van der Waals surface area contributed by atoms with E-state index in [1.807, 2.05) is 36.4 Å². The highest BCUT2D eigenvalue weighted by atomic mass is 35.5. The lowest BCUT2D eigenvalue weighted by molar-refractivity contribution is -0.143. The summed E-state index contributed by atoms with van der Waals surface area (Å²) in [5.74, 6) is 0.275. The Bertz CT molecular complexity index is 1210. The molecule has 1 fully saturated rings. The third-order valence-corrected chi connectivity index (χ3v) is 6.77. The van der Waals surface area contributed by atoms with Crippen molar-refractivity contribution in [1.82, 2.24) is 20.0 Å². The number of carbonyl (C=O) groups excluding carboxylic acids is 1. The van der Waals surface area contributed by atoms with E-state index < -0.39 is 24.8 Å². The lowest BCUT2D eigenvalue weighted by Crippen LogP contribution is -2.43. The maximum Gasteiger partial charge on any atom is 0.401 e. The minimum atomic E-state index is -4.32. The van der Waals surface area contributed by atoms with Gasteiger partial charge in [0.05, 0.1) is 24.0 Å². The summed E-state index contributed by atoms with van der Waals surface area (Å²) >= 11 is 6.14. The van der Waals surface area contributed by atoms with Gasteiger partial charge in [-0.15, -0.1) is 0 Å². The third kappa shape index (κ3) is 5.31. The number of benzene rings is 2. The standard InChI is InChI=1S/C25H25ClF3N5O/c26-17-7-4-6-16(12-17)20-13-33(15-25(27,28)29)14-22(20)30-24(35)31-23-19-10-5-11-21(19)32-34(23)18-8-2-1-3-9-18/h1-4,6-9,12,20,22H,5,10-11,13-15H2,(H2,30,31,35)/t20-,22?/m0/s1. The Hall–Kier alpha value is -3.04. The Kier molecular flexibility index (Phi) is 6.46. The van der Waals surface area contributed by atoms with Gasteiger partial charge in [-0.1, -0.05) is 41.9 Å². The zero-order chi connectivity index (χ0) is 24.6. The smallest absolute Gasteiger partial charge is 0.333 e. The fourth-order valence-corrected chi connectivity index (χ4v) is 5.28. The van der Waals surface area contributed by atoms with E-state index >= 15 is 0 Å². The van der Waals surface area contributed by atoms with Crippen LogP contribution in [0.5, 0.6) is 0 Å². The number of alkyl halides is 3. The molecule has 1 aliphatic carbocycles. The van der Waals surface area contributed by atoms with Crippen molar-refractivity contribution in [1.29, 1.82) is 0 Å². The Morgan fingerprint density at radius 1 is 1.09 bits per heavy atom. The normalized spacial score (nSPS) is 20.1. The summed E-state index contributed by atoms with van der Waals surface area (Å²) in [6, 6.07) is 15.6. The molecule has 1 aromatic heterocycles. The molecule has 2 heterocycles. The van der Waals surface area contributed by atoms with E-state index in [4.69, 9.17) is 16.7 Å². The van der Waals surface area contributed by atoms with Crippen molar-refractivity contribution in [2.45, 2.75) is 37.4 Å². The largest absolute Gasteiger partial charge is 0.401 e. The SMILES string of the molecule is O=C(Nc1c2c(nn1-c1ccccc1)CCC2)NC1CN(CC(F)(F)F)C[C@H]1c1cccc(Cl)c1. The molecule has 1 aliphatic heterocycles. The molecule has 2 amide bonds. The predicted molar refractivity (Wildman–Crippen MR) is 128 cm³/mol. The first-order valence-electron chi connectivity index (χ1n) is 11.5. The molecule has 0 bridgehead atoms. The number of para-hydroxylation sites is 1. The summed E-state index contributed by atoms with van der Waals surface area (Å²) in [5, 5.41) is 11.1. The highest BCUT2D eigenvalue weighted by molar-refractivity contribution is 6.30. The maximum absolute atomic E-state index is 13.2. The number of nitrogens with zero attached hydrogens (tertiary/aromatic N) is 3. The van der Waals surface area contributed by atoms with Gasteiger partial charge in [0.1, 0.15) is 5.82 Å². The second-order valence-electron chi connectivity index (χ2n) is 9.05. The van der Waals surface area contributed by atoms with Gasteiger partial charge in [0.15, 0.2) is 0 Å². The van der Waals surface area contributed by atoms with Crippen LogP contribution in [0.2, 0.25) is 5.02 Å². The zero-order valence-corrected chi connectivity index (χ0v) is 19.6. The van der Waals surface area contributed by atoms with Crippen molar-refractivity contribution >= 4 is 23.4 Å². The van der Waals surface area contributed by atoms with Crippen LogP contribution < -0.4 is 10.6 Å². The van der Waals surface area contributed by atoms with Crippen molar-refractivity contribution in [3.05, 3.63) is 76.4 Å². The number of hydrogen-bond donors (Lipinski definition) is 2. The predicted octanol–water partition coefficient (Wildman–Crippen LogP) is 5.17. The second kappa shape index (κ2) is 9.54.